The van der Waals surface area contributed by atoms with Gasteiger partial charge < -0.3 is 19.3 Å². The number of benzene rings is 1. The van der Waals surface area contributed by atoms with Crippen molar-refractivity contribution >= 4 is 0 Å². The first-order valence-electron chi connectivity index (χ1n) is 7.33. The summed E-state index contributed by atoms with van der Waals surface area (Å²) in [5.74, 6) is 1.39. The van der Waals surface area contributed by atoms with Gasteiger partial charge in [0.25, 0.3) is 0 Å². The molecule has 2 rings (SSSR count). The fourth-order valence-electron chi connectivity index (χ4n) is 2.68. The van der Waals surface area contributed by atoms with Crippen molar-refractivity contribution in [2.75, 3.05) is 13.7 Å². The minimum Gasteiger partial charge on any atom is -0.490 e. The van der Waals surface area contributed by atoms with Crippen LogP contribution in [0.15, 0.2) is 18.2 Å². The molecule has 0 amide bonds. The summed E-state index contributed by atoms with van der Waals surface area (Å²) in [7, 11) is 1.75. The van der Waals surface area contributed by atoms with Crippen LogP contribution >= 0.6 is 0 Å². The number of ether oxygens (including phenoxy) is 3. The molecule has 20 heavy (non-hydrogen) atoms. The number of aliphatic hydroxyl groups is 1. The second kappa shape index (κ2) is 7.50. The summed E-state index contributed by atoms with van der Waals surface area (Å²) in [6.07, 6.45) is 4.50. The minimum absolute atomic E-state index is 0.0450. The topological polar surface area (TPSA) is 47.9 Å². The van der Waals surface area contributed by atoms with Crippen LogP contribution in [0.2, 0.25) is 0 Å². The zero-order valence-electron chi connectivity index (χ0n) is 12.3. The monoisotopic (exact) mass is 280 g/mol. The Labute approximate surface area is 120 Å². The Morgan fingerprint density at radius 1 is 1.25 bits per heavy atom. The molecule has 2 unspecified atom stereocenters. The van der Waals surface area contributed by atoms with Gasteiger partial charge in [-0.25, -0.2) is 0 Å². The summed E-state index contributed by atoms with van der Waals surface area (Å²) < 4.78 is 17.2. The van der Waals surface area contributed by atoms with E-state index in [1.54, 1.807) is 7.11 Å². The van der Waals surface area contributed by atoms with Crippen molar-refractivity contribution in [3.63, 3.8) is 0 Å². The number of aliphatic hydroxyl groups excluding tert-OH is 1. The van der Waals surface area contributed by atoms with Gasteiger partial charge in [-0.3, -0.25) is 0 Å². The number of rotatable bonds is 6. The van der Waals surface area contributed by atoms with Gasteiger partial charge in [0.15, 0.2) is 11.5 Å². The highest BCUT2D eigenvalue weighted by Crippen LogP contribution is 2.35. The van der Waals surface area contributed by atoms with Gasteiger partial charge in [-0.15, -0.1) is 0 Å². The average molecular weight is 280 g/mol. The Hall–Kier alpha value is -1.26. The molecule has 4 nitrogen and oxygen atoms in total. The van der Waals surface area contributed by atoms with E-state index < -0.39 is 0 Å². The van der Waals surface area contributed by atoms with Gasteiger partial charge in [0.1, 0.15) is 6.10 Å². The van der Waals surface area contributed by atoms with Crippen LogP contribution in [0.4, 0.5) is 0 Å². The lowest BCUT2D eigenvalue weighted by molar-refractivity contribution is 0.0193. The van der Waals surface area contributed by atoms with Gasteiger partial charge in [-0.1, -0.05) is 12.1 Å². The summed E-state index contributed by atoms with van der Waals surface area (Å²) in [6.45, 7) is 2.48. The van der Waals surface area contributed by atoms with Gasteiger partial charge in [-0.05, 0) is 32.3 Å². The van der Waals surface area contributed by atoms with Gasteiger partial charge in [0.2, 0.25) is 0 Å². The Morgan fingerprint density at radius 2 is 2.05 bits per heavy atom. The molecule has 0 radical (unpaired) electrons. The van der Waals surface area contributed by atoms with Crippen LogP contribution in [-0.4, -0.2) is 31.0 Å². The highest BCUT2D eigenvalue weighted by molar-refractivity contribution is 5.46. The molecule has 2 atom stereocenters. The van der Waals surface area contributed by atoms with E-state index in [1.165, 1.54) is 0 Å². The molecule has 4 heteroatoms. The summed E-state index contributed by atoms with van der Waals surface area (Å²) in [6, 6.07) is 5.63. The maximum Gasteiger partial charge on any atom is 0.167 e. The fraction of sp³-hybridized carbons (Fsp3) is 0.625. The van der Waals surface area contributed by atoms with E-state index in [2.05, 4.69) is 0 Å². The molecule has 1 saturated carbocycles. The highest BCUT2D eigenvalue weighted by atomic mass is 16.5. The lowest BCUT2D eigenvalue weighted by atomic mass is 9.95. The third-order valence-corrected chi connectivity index (χ3v) is 3.73. The van der Waals surface area contributed by atoms with Gasteiger partial charge in [0.05, 0.1) is 19.3 Å². The number of methoxy groups -OCH3 is 1. The molecule has 0 spiro atoms. The van der Waals surface area contributed by atoms with Gasteiger partial charge >= 0.3 is 0 Å². The van der Waals surface area contributed by atoms with Gasteiger partial charge in [0, 0.05) is 19.1 Å². The Bertz CT molecular complexity index is 419. The van der Waals surface area contributed by atoms with Crippen LogP contribution < -0.4 is 9.47 Å². The number of hydrogen-bond donors (Lipinski definition) is 1. The van der Waals surface area contributed by atoms with Crippen LogP contribution in [-0.2, 0) is 11.3 Å². The SMILES string of the molecule is CCOc1cccc(CO)c1OC1CCCC(OC)C1. The van der Waals surface area contributed by atoms with E-state index in [9.17, 15) is 5.11 Å². The van der Waals surface area contributed by atoms with E-state index in [0.717, 1.165) is 31.2 Å². The predicted octanol–water partition coefficient (Wildman–Crippen LogP) is 2.91. The third-order valence-electron chi connectivity index (χ3n) is 3.73. The first kappa shape index (κ1) is 15.1. The van der Waals surface area contributed by atoms with E-state index in [4.69, 9.17) is 14.2 Å². The van der Waals surface area contributed by atoms with Crippen LogP contribution in [0, 0.1) is 0 Å². The second-order valence-corrected chi connectivity index (χ2v) is 5.10. The Balaban J connectivity index is 2.14. The average Bonchev–Trinajstić information content (AvgIpc) is 2.49. The molecular formula is C16H24O4. The summed E-state index contributed by atoms with van der Waals surface area (Å²) in [5, 5.41) is 9.48. The van der Waals surface area contributed by atoms with Crippen molar-refractivity contribution < 1.29 is 19.3 Å². The van der Waals surface area contributed by atoms with Crippen molar-refractivity contribution in [2.45, 2.75) is 51.4 Å². The molecule has 0 bridgehead atoms. The first-order valence-corrected chi connectivity index (χ1v) is 7.33. The summed E-state index contributed by atoms with van der Waals surface area (Å²) in [5.41, 5.74) is 0.774. The van der Waals surface area contributed by atoms with Crippen molar-refractivity contribution in [2.24, 2.45) is 0 Å². The van der Waals surface area contributed by atoms with E-state index in [1.807, 2.05) is 25.1 Å². The summed E-state index contributed by atoms with van der Waals surface area (Å²) in [4.78, 5) is 0. The molecule has 1 aliphatic carbocycles. The lowest BCUT2D eigenvalue weighted by Gasteiger charge is -2.29. The third kappa shape index (κ3) is 3.64. The van der Waals surface area contributed by atoms with E-state index in [-0.39, 0.29) is 18.8 Å². The zero-order chi connectivity index (χ0) is 14.4. The molecule has 0 saturated heterocycles. The Morgan fingerprint density at radius 3 is 2.75 bits per heavy atom. The quantitative estimate of drug-likeness (QED) is 0.870. The van der Waals surface area contributed by atoms with Crippen LogP contribution in [0.25, 0.3) is 0 Å². The molecule has 0 heterocycles. The van der Waals surface area contributed by atoms with E-state index >= 15 is 0 Å². The highest BCUT2D eigenvalue weighted by Gasteiger charge is 2.25. The van der Waals surface area contributed by atoms with Crippen LogP contribution in [0.1, 0.15) is 38.2 Å². The normalized spacial score (nSPS) is 22.6. The van der Waals surface area contributed by atoms with Crippen molar-refractivity contribution in [3.05, 3.63) is 23.8 Å². The maximum absolute atomic E-state index is 9.48. The molecule has 1 aromatic rings. The second-order valence-electron chi connectivity index (χ2n) is 5.10. The zero-order valence-corrected chi connectivity index (χ0v) is 12.3. The first-order chi connectivity index (χ1) is 9.78. The van der Waals surface area contributed by atoms with Crippen molar-refractivity contribution in [3.8, 4) is 11.5 Å². The Kier molecular flexibility index (Phi) is 5.68. The molecule has 1 aromatic carbocycles. The number of para-hydroxylation sites is 1. The molecule has 112 valence electrons. The van der Waals surface area contributed by atoms with Crippen molar-refractivity contribution in [1.29, 1.82) is 0 Å². The van der Waals surface area contributed by atoms with Gasteiger partial charge in [-0.2, -0.15) is 0 Å². The molecule has 1 N–H and O–H groups in total. The number of hydrogen-bond acceptors (Lipinski definition) is 4. The largest absolute Gasteiger partial charge is 0.490 e. The standard InChI is InChI=1S/C16H24O4/c1-3-19-15-9-4-6-12(11-17)16(15)20-14-8-5-7-13(10-14)18-2/h4,6,9,13-14,17H,3,5,7-8,10-11H2,1-2H3. The molecule has 1 aliphatic rings. The lowest BCUT2D eigenvalue weighted by Crippen LogP contribution is -2.29. The van der Waals surface area contributed by atoms with E-state index in [0.29, 0.717) is 18.1 Å². The molecular weight excluding hydrogens is 256 g/mol. The summed E-state index contributed by atoms with van der Waals surface area (Å²) >= 11 is 0. The maximum atomic E-state index is 9.48. The molecule has 0 aliphatic heterocycles. The van der Waals surface area contributed by atoms with Crippen LogP contribution in [0.3, 0.4) is 0 Å². The molecule has 1 fully saturated rings. The van der Waals surface area contributed by atoms with Crippen molar-refractivity contribution in [1.82, 2.24) is 0 Å². The van der Waals surface area contributed by atoms with Crippen LogP contribution in [0.5, 0.6) is 11.5 Å². The minimum atomic E-state index is -0.0450. The molecule has 0 aromatic heterocycles. The smallest absolute Gasteiger partial charge is 0.167 e. The predicted molar refractivity (Wildman–Crippen MR) is 77.2 cm³/mol. The fourth-order valence-corrected chi connectivity index (χ4v) is 2.68.